The summed E-state index contributed by atoms with van der Waals surface area (Å²) in [7, 11) is 0. The summed E-state index contributed by atoms with van der Waals surface area (Å²) in [5.41, 5.74) is 4.84. The molecule has 1 aromatic rings. The van der Waals surface area contributed by atoms with Crippen LogP contribution >= 0.6 is 0 Å². The number of nitrogens with one attached hydrogen (secondary N) is 1. The van der Waals surface area contributed by atoms with Crippen molar-refractivity contribution < 1.29 is 10.0 Å². The van der Waals surface area contributed by atoms with E-state index in [9.17, 15) is 4.79 Å². The third kappa shape index (κ3) is 6.14. The third-order valence-electron chi connectivity index (χ3n) is 3.25. The van der Waals surface area contributed by atoms with Gasteiger partial charge >= 0.3 is 0 Å². The van der Waals surface area contributed by atoms with E-state index in [1.54, 1.807) is 11.6 Å². The fraction of sp³-hybridized carbons (Fsp3) is 0.389. The van der Waals surface area contributed by atoms with Crippen LogP contribution in [0.5, 0.6) is 0 Å². The molecule has 0 spiro atoms. The SMILES string of the molecule is CCCN(CCC)c1ccc(C=C(C)C=CC(=O)NO)cc1. The Bertz CT molecular complexity index is 512. The Morgan fingerprint density at radius 3 is 2.23 bits per heavy atom. The number of benzene rings is 1. The molecule has 0 atom stereocenters. The highest BCUT2D eigenvalue weighted by atomic mass is 16.5. The minimum absolute atomic E-state index is 0.530. The van der Waals surface area contributed by atoms with E-state index in [0.717, 1.165) is 37.1 Å². The number of hydrogen-bond acceptors (Lipinski definition) is 3. The molecule has 1 aromatic carbocycles. The van der Waals surface area contributed by atoms with Crippen molar-refractivity contribution in [2.24, 2.45) is 0 Å². The number of carbonyl (C=O) groups is 1. The highest BCUT2D eigenvalue weighted by Gasteiger charge is 2.03. The van der Waals surface area contributed by atoms with Crippen LogP contribution in [0.1, 0.15) is 39.2 Å². The normalized spacial score (nSPS) is 11.7. The molecule has 4 heteroatoms. The lowest BCUT2D eigenvalue weighted by atomic mass is 10.1. The molecule has 0 unspecified atom stereocenters. The van der Waals surface area contributed by atoms with Gasteiger partial charge in [0.2, 0.25) is 0 Å². The molecule has 0 radical (unpaired) electrons. The first-order chi connectivity index (χ1) is 10.6. The summed E-state index contributed by atoms with van der Waals surface area (Å²) >= 11 is 0. The molecule has 22 heavy (non-hydrogen) atoms. The molecule has 0 fully saturated rings. The van der Waals surface area contributed by atoms with Crippen LogP contribution in [-0.2, 0) is 4.79 Å². The Hall–Kier alpha value is -2.07. The zero-order chi connectivity index (χ0) is 16.4. The van der Waals surface area contributed by atoms with Gasteiger partial charge in [-0.05, 0) is 37.5 Å². The molecule has 0 bridgehead atoms. The van der Waals surface area contributed by atoms with Gasteiger partial charge in [0.25, 0.3) is 5.91 Å². The monoisotopic (exact) mass is 302 g/mol. The summed E-state index contributed by atoms with van der Waals surface area (Å²) in [5, 5.41) is 8.43. The second kappa shape index (κ2) is 9.79. The largest absolute Gasteiger partial charge is 0.372 e. The van der Waals surface area contributed by atoms with Gasteiger partial charge in [0.15, 0.2) is 0 Å². The van der Waals surface area contributed by atoms with Crippen molar-refractivity contribution in [1.82, 2.24) is 5.48 Å². The van der Waals surface area contributed by atoms with Gasteiger partial charge in [-0.1, -0.05) is 43.7 Å². The average molecular weight is 302 g/mol. The minimum atomic E-state index is -0.530. The predicted octanol–water partition coefficient (Wildman–Crippen LogP) is 3.78. The van der Waals surface area contributed by atoms with Gasteiger partial charge < -0.3 is 4.90 Å². The van der Waals surface area contributed by atoms with E-state index in [-0.39, 0.29) is 0 Å². The Morgan fingerprint density at radius 2 is 1.73 bits per heavy atom. The zero-order valence-electron chi connectivity index (χ0n) is 13.7. The van der Waals surface area contributed by atoms with Crippen molar-refractivity contribution in [1.29, 1.82) is 0 Å². The van der Waals surface area contributed by atoms with E-state index in [4.69, 9.17) is 5.21 Å². The van der Waals surface area contributed by atoms with Crippen LogP contribution in [0, 0.1) is 0 Å². The van der Waals surface area contributed by atoms with E-state index in [0.29, 0.717) is 0 Å². The van der Waals surface area contributed by atoms with E-state index in [2.05, 4.69) is 43.0 Å². The van der Waals surface area contributed by atoms with Crippen LogP contribution in [0.2, 0.25) is 0 Å². The van der Waals surface area contributed by atoms with Gasteiger partial charge in [-0.15, -0.1) is 0 Å². The number of hydroxylamine groups is 1. The lowest BCUT2D eigenvalue weighted by Crippen LogP contribution is -2.24. The first-order valence-corrected chi connectivity index (χ1v) is 7.76. The number of rotatable bonds is 8. The van der Waals surface area contributed by atoms with E-state index in [1.165, 1.54) is 11.8 Å². The van der Waals surface area contributed by atoms with Crippen molar-refractivity contribution >= 4 is 17.7 Å². The van der Waals surface area contributed by atoms with E-state index < -0.39 is 5.91 Å². The van der Waals surface area contributed by atoms with Gasteiger partial charge in [-0.3, -0.25) is 10.0 Å². The molecule has 0 saturated carbocycles. The summed E-state index contributed by atoms with van der Waals surface area (Å²) < 4.78 is 0. The maximum absolute atomic E-state index is 10.9. The van der Waals surface area contributed by atoms with Crippen molar-refractivity contribution in [2.45, 2.75) is 33.6 Å². The molecule has 0 saturated heterocycles. The first-order valence-electron chi connectivity index (χ1n) is 7.76. The summed E-state index contributed by atoms with van der Waals surface area (Å²) in [4.78, 5) is 13.3. The minimum Gasteiger partial charge on any atom is -0.372 e. The number of carbonyl (C=O) groups excluding carboxylic acids is 1. The molecule has 2 N–H and O–H groups in total. The molecule has 1 amide bonds. The Morgan fingerprint density at radius 1 is 1.14 bits per heavy atom. The van der Waals surface area contributed by atoms with Crippen LogP contribution in [0.15, 0.2) is 42.0 Å². The van der Waals surface area contributed by atoms with Gasteiger partial charge in [0.1, 0.15) is 0 Å². The van der Waals surface area contributed by atoms with Crippen molar-refractivity contribution in [3.8, 4) is 0 Å². The topological polar surface area (TPSA) is 52.6 Å². The summed E-state index contributed by atoms with van der Waals surface area (Å²) in [6, 6.07) is 8.43. The van der Waals surface area contributed by atoms with Crippen LogP contribution in [0.4, 0.5) is 5.69 Å². The quantitative estimate of drug-likeness (QED) is 0.332. The lowest BCUT2D eigenvalue weighted by molar-refractivity contribution is -0.124. The van der Waals surface area contributed by atoms with Gasteiger partial charge in [-0.25, -0.2) is 5.48 Å². The smallest absolute Gasteiger partial charge is 0.267 e. The van der Waals surface area contributed by atoms with Crippen molar-refractivity contribution in [3.63, 3.8) is 0 Å². The van der Waals surface area contributed by atoms with Crippen LogP contribution < -0.4 is 10.4 Å². The first kappa shape index (κ1) is 18.0. The Balaban J connectivity index is 2.79. The molecule has 0 aromatic heterocycles. The van der Waals surface area contributed by atoms with E-state index in [1.807, 2.05) is 13.0 Å². The summed E-state index contributed by atoms with van der Waals surface area (Å²) in [5.74, 6) is -0.530. The molecule has 0 aliphatic heterocycles. The van der Waals surface area contributed by atoms with Crippen molar-refractivity contribution in [3.05, 3.63) is 47.6 Å². The number of hydrogen-bond donors (Lipinski definition) is 2. The molecule has 4 nitrogen and oxygen atoms in total. The van der Waals surface area contributed by atoms with Crippen molar-refractivity contribution in [2.75, 3.05) is 18.0 Å². The third-order valence-corrected chi connectivity index (χ3v) is 3.25. The molecule has 0 heterocycles. The summed E-state index contributed by atoms with van der Waals surface area (Å²) in [6.07, 6.45) is 7.23. The fourth-order valence-corrected chi connectivity index (χ4v) is 2.25. The van der Waals surface area contributed by atoms with Crippen LogP contribution in [-0.4, -0.2) is 24.2 Å². The lowest BCUT2D eigenvalue weighted by Gasteiger charge is -2.23. The fourth-order valence-electron chi connectivity index (χ4n) is 2.25. The predicted molar refractivity (Wildman–Crippen MR) is 92.0 cm³/mol. The maximum atomic E-state index is 10.9. The molecular weight excluding hydrogens is 276 g/mol. The van der Waals surface area contributed by atoms with Crippen LogP contribution in [0.3, 0.4) is 0 Å². The van der Waals surface area contributed by atoms with Gasteiger partial charge in [0, 0.05) is 24.9 Å². The van der Waals surface area contributed by atoms with E-state index >= 15 is 0 Å². The molecule has 0 aliphatic rings. The number of nitrogens with zero attached hydrogens (tertiary/aromatic N) is 1. The number of amides is 1. The van der Waals surface area contributed by atoms with Crippen LogP contribution in [0.25, 0.3) is 6.08 Å². The second-order valence-electron chi connectivity index (χ2n) is 5.28. The van der Waals surface area contributed by atoms with Gasteiger partial charge in [-0.2, -0.15) is 0 Å². The zero-order valence-corrected chi connectivity index (χ0v) is 13.7. The second-order valence-corrected chi connectivity index (χ2v) is 5.28. The molecule has 120 valence electrons. The molecule has 0 aliphatic carbocycles. The standard InChI is InChI=1S/C18H26N2O2/c1-4-12-20(13-5-2)17-9-7-16(8-10-17)14-15(3)6-11-18(21)19-22/h6-11,14,22H,4-5,12-13H2,1-3H3,(H,19,21). The Labute approximate surface area is 133 Å². The maximum Gasteiger partial charge on any atom is 0.267 e. The molecule has 1 rings (SSSR count). The number of allylic oxidation sites excluding steroid dienone is 2. The van der Waals surface area contributed by atoms with Gasteiger partial charge in [0.05, 0.1) is 0 Å². The molecular formula is C18H26N2O2. The highest BCUT2D eigenvalue weighted by molar-refractivity contribution is 5.87. The highest BCUT2D eigenvalue weighted by Crippen LogP contribution is 2.18. The Kier molecular flexibility index (Phi) is 8.00. The summed E-state index contributed by atoms with van der Waals surface area (Å²) in [6.45, 7) is 8.44. The average Bonchev–Trinajstić information content (AvgIpc) is 2.53. The number of anilines is 1.